The van der Waals surface area contributed by atoms with Gasteiger partial charge in [-0.25, -0.2) is 9.97 Å². The number of nitrogens with one attached hydrogen (secondary N) is 1. The Morgan fingerprint density at radius 2 is 2.11 bits per heavy atom. The molecule has 0 radical (unpaired) electrons. The molecule has 2 aromatic heterocycles. The van der Waals surface area contributed by atoms with E-state index in [0.29, 0.717) is 36.2 Å². The van der Waals surface area contributed by atoms with E-state index in [-0.39, 0.29) is 5.91 Å². The van der Waals surface area contributed by atoms with Crippen molar-refractivity contribution in [2.45, 2.75) is 26.4 Å². The highest BCUT2D eigenvalue weighted by Gasteiger charge is 2.24. The maximum absolute atomic E-state index is 11.8. The van der Waals surface area contributed by atoms with Crippen molar-refractivity contribution in [1.29, 1.82) is 0 Å². The van der Waals surface area contributed by atoms with E-state index in [1.165, 1.54) is 0 Å². The van der Waals surface area contributed by atoms with Gasteiger partial charge in [-0.15, -0.1) is 0 Å². The summed E-state index contributed by atoms with van der Waals surface area (Å²) in [7, 11) is 0. The number of benzene rings is 1. The lowest BCUT2D eigenvalue weighted by atomic mass is 10.0. The molecule has 6 nitrogen and oxygen atoms in total. The predicted molar refractivity (Wildman–Crippen MR) is 109 cm³/mol. The van der Waals surface area contributed by atoms with Crippen LogP contribution in [-0.2, 0) is 24.3 Å². The van der Waals surface area contributed by atoms with Gasteiger partial charge in [-0.1, -0.05) is 29.8 Å². The first kappa shape index (κ1) is 18.4. The highest BCUT2D eigenvalue weighted by Crippen LogP contribution is 2.27. The first-order valence-electron chi connectivity index (χ1n) is 9.15. The first-order valence-corrected chi connectivity index (χ1v) is 9.53. The number of rotatable bonds is 4. The van der Waals surface area contributed by atoms with E-state index in [1.54, 1.807) is 18.0 Å². The molecular weight excluding hydrogens is 374 g/mol. The third-order valence-corrected chi connectivity index (χ3v) is 4.99. The molecule has 0 aliphatic carbocycles. The second-order valence-electron chi connectivity index (χ2n) is 6.71. The van der Waals surface area contributed by atoms with Crippen molar-refractivity contribution in [3.05, 3.63) is 70.5 Å². The van der Waals surface area contributed by atoms with Gasteiger partial charge in [0, 0.05) is 36.8 Å². The summed E-state index contributed by atoms with van der Waals surface area (Å²) in [6.07, 6.45) is 2.44. The zero-order valence-electron chi connectivity index (χ0n) is 15.5. The molecule has 3 aromatic rings. The van der Waals surface area contributed by atoms with Crippen LogP contribution < -0.4 is 5.32 Å². The van der Waals surface area contributed by atoms with Crippen molar-refractivity contribution in [2.75, 3.05) is 11.9 Å². The number of carbonyl (C=O) groups excluding carboxylic acids is 1. The number of anilines is 1. The Morgan fingerprint density at radius 3 is 2.86 bits per heavy atom. The van der Waals surface area contributed by atoms with Crippen molar-refractivity contribution in [3.8, 4) is 11.5 Å². The Kier molecular flexibility index (Phi) is 5.21. The predicted octanol–water partition coefficient (Wildman–Crippen LogP) is 3.71. The van der Waals surface area contributed by atoms with E-state index in [2.05, 4.69) is 10.3 Å². The van der Waals surface area contributed by atoms with Crippen LogP contribution in [0.15, 0.2) is 48.7 Å². The minimum absolute atomic E-state index is 0.0529. The maximum atomic E-state index is 11.8. The minimum atomic E-state index is 0.0529. The van der Waals surface area contributed by atoms with Crippen LogP contribution in [0.1, 0.15) is 23.7 Å². The third-order valence-electron chi connectivity index (χ3n) is 4.75. The number of hydrogen-bond acceptors (Lipinski definition) is 5. The summed E-state index contributed by atoms with van der Waals surface area (Å²) in [6, 6.07) is 13.4. The van der Waals surface area contributed by atoms with Crippen LogP contribution in [0.4, 0.5) is 5.82 Å². The summed E-state index contributed by atoms with van der Waals surface area (Å²) in [5, 5.41) is 4.13. The topological polar surface area (TPSA) is 71.0 Å². The smallest absolute Gasteiger partial charge is 0.219 e. The van der Waals surface area contributed by atoms with Gasteiger partial charge in [-0.05, 0) is 36.2 Å². The molecule has 142 valence electrons. The minimum Gasteiger partial charge on any atom is -0.366 e. The lowest BCUT2D eigenvalue weighted by molar-refractivity contribution is -0.129. The fourth-order valence-electron chi connectivity index (χ4n) is 3.29. The van der Waals surface area contributed by atoms with Crippen molar-refractivity contribution >= 4 is 23.3 Å². The highest BCUT2D eigenvalue weighted by molar-refractivity contribution is 6.30. The Balaban J connectivity index is 1.69. The van der Waals surface area contributed by atoms with Crippen LogP contribution in [0, 0.1) is 0 Å². The largest absolute Gasteiger partial charge is 0.366 e. The molecule has 3 heterocycles. The van der Waals surface area contributed by atoms with Crippen LogP contribution in [0.25, 0.3) is 11.5 Å². The van der Waals surface area contributed by atoms with Crippen molar-refractivity contribution in [3.63, 3.8) is 0 Å². The molecule has 1 N–H and O–H groups in total. The molecule has 28 heavy (non-hydrogen) atoms. The van der Waals surface area contributed by atoms with Gasteiger partial charge in [0.15, 0.2) is 5.82 Å². The van der Waals surface area contributed by atoms with Gasteiger partial charge in [-0.3, -0.25) is 9.78 Å². The van der Waals surface area contributed by atoms with E-state index in [0.717, 1.165) is 29.1 Å². The summed E-state index contributed by atoms with van der Waals surface area (Å²) < 4.78 is 0. The van der Waals surface area contributed by atoms with Gasteiger partial charge in [0.25, 0.3) is 0 Å². The van der Waals surface area contributed by atoms with Gasteiger partial charge in [0.2, 0.25) is 5.91 Å². The van der Waals surface area contributed by atoms with E-state index in [4.69, 9.17) is 21.6 Å². The van der Waals surface area contributed by atoms with Gasteiger partial charge in [-0.2, -0.15) is 0 Å². The lowest BCUT2D eigenvalue weighted by Gasteiger charge is -2.28. The molecule has 7 heteroatoms. The number of fused-ring (bicyclic) bond motifs is 1. The molecule has 0 fully saturated rings. The van der Waals surface area contributed by atoms with Gasteiger partial charge < -0.3 is 10.2 Å². The quantitative estimate of drug-likeness (QED) is 0.731. The zero-order chi connectivity index (χ0) is 19.5. The van der Waals surface area contributed by atoms with E-state index >= 15 is 0 Å². The number of aromatic nitrogens is 3. The fourth-order valence-corrected chi connectivity index (χ4v) is 3.50. The van der Waals surface area contributed by atoms with Crippen LogP contribution in [-0.4, -0.2) is 32.3 Å². The number of amides is 1. The molecule has 0 bridgehead atoms. The lowest BCUT2D eigenvalue weighted by Crippen LogP contribution is -2.35. The second kappa shape index (κ2) is 7.94. The Labute approximate surface area is 168 Å². The maximum Gasteiger partial charge on any atom is 0.219 e. The molecule has 4 rings (SSSR count). The monoisotopic (exact) mass is 393 g/mol. The highest BCUT2D eigenvalue weighted by atomic mass is 35.5. The number of pyridine rings is 1. The molecule has 1 aliphatic heterocycles. The van der Waals surface area contributed by atoms with Crippen molar-refractivity contribution in [2.24, 2.45) is 0 Å². The average molecular weight is 394 g/mol. The molecule has 0 unspecified atom stereocenters. The average Bonchev–Trinajstić information content (AvgIpc) is 2.72. The Hall–Kier alpha value is -2.99. The molecule has 0 atom stereocenters. The van der Waals surface area contributed by atoms with E-state index < -0.39 is 0 Å². The number of hydrogen-bond donors (Lipinski definition) is 1. The molecule has 0 spiro atoms. The molecule has 1 aliphatic rings. The summed E-state index contributed by atoms with van der Waals surface area (Å²) in [6.45, 7) is 3.34. The molecule has 1 aromatic carbocycles. The van der Waals surface area contributed by atoms with Crippen LogP contribution in [0.5, 0.6) is 0 Å². The van der Waals surface area contributed by atoms with Gasteiger partial charge >= 0.3 is 0 Å². The fraction of sp³-hybridized carbons (Fsp3) is 0.238. The van der Waals surface area contributed by atoms with Crippen LogP contribution >= 0.6 is 11.6 Å². The number of nitrogens with zero attached hydrogens (tertiary/aromatic N) is 4. The standard InChI is InChI=1S/C21H20ClN5O/c1-14(28)27-10-8-17-19(13-27)25-21(18-7-2-3-9-23-18)26-20(17)24-12-15-5-4-6-16(22)11-15/h2-7,9,11H,8,10,12-13H2,1H3,(H,24,25,26). The third kappa shape index (κ3) is 3.97. The summed E-state index contributed by atoms with van der Waals surface area (Å²) in [4.78, 5) is 27.5. The van der Waals surface area contributed by atoms with Crippen molar-refractivity contribution < 1.29 is 4.79 Å². The molecule has 1 amide bonds. The van der Waals surface area contributed by atoms with Gasteiger partial charge in [0.05, 0.1) is 12.2 Å². The molecular formula is C21H20ClN5O. The van der Waals surface area contributed by atoms with Crippen molar-refractivity contribution in [1.82, 2.24) is 19.9 Å². The van der Waals surface area contributed by atoms with E-state index in [9.17, 15) is 4.79 Å². The Morgan fingerprint density at radius 1 is 1.21 bits per heavy atom. The SMILES string of the molecule is CC(=O)N1CCc2c(nc(-c3ccccn3)nc2NCc2cccc(Cl)c2)C1. The summed E-state index contributed by atoms with van der Waals surface area (Å²) >= 11 is 6.09. The van der Waals surface area contributed by atoms with Gasteiger partial charge in [0.1, 0.15) is 11.5 Å². The normalized spacial score (nSPS) is 13.1. The molecule has 0 saturated heterocycles. The number of halogens is 1. The summed E-state index contributed by atoms with van der Waals surface area (Å²) in [5.41, 5.74) is 3.70. The number of carbonyl (C=O) groups is 1. The Bertz CT molecular complexity index is 1010. The van der Waals surface area contributed by atoms with Crippen LogP contribution in [0.2, 0.25) is 5.02 Å². The van der Waals surface area contributed by atoms with Crippen LogP contribution in [0.3, 0.4) is 0 Å². The first-order chi connectivity index (χ1) is 13.6. The summed E-state index contributed by atoms with van der Waals surface area (Å²) in [5.74, 6) is 1.39. The van der Waals surface area contributed by atoms with E-state index in [1.807, 2.05) is 42.5 Å². The zero-order valence-corrected chi connectivity index (χ0v) is 16.3. The second-order valence-corrected chi connectivity index (χ2v) is 7.15. The molecule has 0 saturated carbocycles.